The van der Waals surface area contributed by atoms with E-state index in [1.165, 1.54) is 0 Å². The second kappa shape index (κ2) is 9.34. The van der Waals surface area contributed by atoms with E-state index in [1.54, 1.807) is 6.92 Å². The van der Waals surface area contributed by atoms with Crippen molar-refractivity contribution in [1.29, 1.82) is 0 Å². The van der Waals surface area contributed by atoms with Crippen LogP contribution < -0.4 is 10.6 Å². The maximum absolute atomic E-state index is 13.2. The van der Waals surface area contributed by atoms with Gasteiger partial charge in [-0.15, -0.1) is 0 Å². The minimum Gasteiger partial charge on any atom is -0.381 e. The Labute approximate surface area is 174 Å². The van der Waals surface area contributed by atoms with Gasteiger partial charge in [0.05, 0.1) is 5.41 Å². The van der Waals surface area contributed by atoms with Gasteiger partial charge in [0.1, 0.15) is 6.04 Å². The number of rotatable bonds is 6. The lowest BCUT2D eigenvalue weighted by molar-refractivity contribution is -0.134. The van der Waals surface area contributed by atoms with E-state index in [0.29, 0.717) is 32.6 Å². The molecule has 6 heteroatoms. The van der Waals surface area contributed by atoms with Crippen LogP contribution >= 0.6 is 15.9 Å². The van der Waals surface area contributed by atoms with E-state index in [2.05, 4.69) is 26.6 Å². The quantitative estimate of drug-likeness (QED) is 0.717. The van der Waals surface area contributed by atoms with E-state index in [4.69, 9.17) is 4.74 Å². The van der Waals surface area contributed by atoms with Crippen LogP contribution in [0.2, 0.25) is 0 Å². The molecule has 0 aliphatic carbocycles. The van der Waals surface area contributed by atoms with Crippen molar-refractivity contribution in [3.05, 3.63) is 70.2 Å². The maximum Gasteiger partial charge on any atom is 0.242 e. The molecule has 148 valence electrons. The summed E-state index contributed by atoms with van der Waals surface area (Å²) in [6.07, 6.45) is 1.19. The molecule has 0 saturated carbocycles. The Morgan fingerprint density at radius 3 is 2.36 bits per heavy atom. The van der Waals surface area contributed by atoms with E-state index in [9.17, 15) is 9.59 Å². The molecule has 2 aromatic rings. The Balaban J connectivity index is 1.67. The van der Waals surface area contributed by atoms with E-state index >= 15 is 0 Å². The summed E-state index contributed by atoms with van der Waals surface area (Å²) in [7, 11) is 0. The number of hydrogen-bond donors (Lipinski definition) is 2. The SMILES string of the molecule is CC(NC(=O)C1(c2ccc(Br)cc2)CCOCC1)C(=O)NCc1ccccc1. The molecular formula is C22H25BrN2O3. The van der Waals surface area contributed by atoms with Crippen molar-refractivity contribution in [2.75, 3.05) is 13.2 Å². The molecule has 1 fully saturated rings. The van der Waals surface area contributed by atoms with E-state index in [-0.39, 0.29) is 11.8 Å². The molecule has 1 aliphatic heterocycles. The molecular weight excluding hydrogens is 420 g/mol. The highest BCUT2D eigenvalue weighted by molar-refractivity contribution is 9.10. The van der Waals surface area contributed by atoms with Gasteiger partial charge in [-0.05, 0) is 43.0 Å². The molecule has 5 nitrogen and oxygen atoms in total. The number of carbonyl (C=O) groups is 2. The van der Waals surface area contributed by atoms with Crippen LogP contribution in [0.4, 0.5) is 0 Å². The first-order chi connectivity index (χ1) is 13.5. The van der Waals surface area contributed by atoms with Crippen molar-refractivity contribution >= 4 is 27.7 Å². The Morgan fingerprint density at radius 2 is 1.71 bits per heavy atom. The van der Waals surface area contributed by atoms with Gasteiger partial charge >= 0.3 is 0 Å². The van der Waals surface area contributed by atoms with Gasteiger partial charge in [-0.25, -0.2) is 0 Å². The summed E-state index contributed by atoms with van der Waals surface area (Å²) < 4.78 is 6.46. The first kappa shape index (κ1) is 20.6. The van der Waals surface area contributed by atoms with Gasteiger partial charge in [-0.1, -0.05) is 58.4 Å². The van der Waals surface area contributed by atoms with Gasteiger partial charge in [0.2, 0.25) is 11.8 Å². The molecule has 1 saturated heterocycles. The molecule has 1 unspecified atom stereocenters. The molecule has 2 N–H and O–H groups in total. The number of halogens is 1. The van der Waals surface area contributed by atoms with Crippen molar-refractivity contribution in [3.63, 3.8) is 0 Å². The molecule has 0 bridgehead atoms. The van der Waals surface area contributed by atoms with Gasteiger partial charge < -0.3 is 15.4 Å². The number of nitrogens with one attached hydrogen (secondary N) is 2. The van der Waals surface area contributed by atoms with Gasteiger partial charge in [-0.3, -0.25) is 9.59 Å². The number of hydrogen-bond acceptors (Lipinski definition) is 3. The van der Waals surface area contributed by atoms with Gasteiger partial charge in [0.25, 0.3) is 0 Å². The third kappa shape index (κ3) is 4.80. The summed E-state index contributed by atoms with van der Waals surface area (Å²) in [6, 6.07) is 16.9. The average Bonchev–Trinajstić information content (AvgIpc) is 2.73. The van der Waals surface area contributed by atoms with Crippen LogP contribution in [0, 0.1) is 0 Å². The molecule has 1 heterocycles. The first-order valence-electron chi connectivity index (χ1n) is 9.48. The zero-order chi connectivity index (χ0) is 20.0. The number of amides is 2. The van der Waals surface area contributed by atoms with Gasteiger partial charge in [0.15, 0.2) is 0 Å². The van der Waals surface area contributed by atoms with Crippen LogP contribution in [0.3, 0.4) is 0 Å². The van der Waals surface area contributed by atoms with Crippen LogP contribution in [0.15, 0.2) is 59.1 Å². The summed E-state index contributed by atoms with van der Waals surface area (Å²) in [5.74, 6) is -0.323. The molecule has 1 aliphatic rings. The lowest BCUT2D eigenvalue weighted by Gasteiger charge is -2.37. The van der Waals surface area contributed by atoms with Gasteiger partial charge in [-0.2, -0.15) is 0 Å². The fourth-order valence-electron chi connectivity index (χ4n) is 3.47. The minimum atomic E-state index is -0.674. The number of carbonyl (C=O) groups excluding carboxylic acids is 2. The average molecular weight is 445 g/mol. The smallest absolute Gasteiger partial charge is 0.242 e. The third-order valence-corrected chi connectivity index (χ3v) is 5.76. The number of benzene rings is 2. The van der Waals surface area contributed by atoms with Crippen LogP contribution in [-0.4, -0.2) is 31.1 Å². The van der Waals surface area contributed by atoms with Crippen LogP contribution in [0.25, 0.3) is 0 Å². The summed E-state index contributed by atoms with van der Waals surface area (Å²) in [4.78, 5) is 25.7. The molecule has 3 rings (SSSR count). The molecule has 0 radical (unpaired) electrons. The molecule has 28 heavy (non-hydrogen) atoms. The van der Waals surface area contributed by atoms with Crippen molar-refractivity contribution in [3.8, 4) is 0 Å². The Bertz CT molecular complexity index is 802. The molecule has 2 amide bonds. The standard InChI is InChI=1S/C22H25BrN2O3/c1-16(20(26)24-15-17-5-3-2-4-6-17)25-21(27)22(11-13-28-14-12-22)18-7-9-19(23)10-8-18/h2-10,16H,11-15H2,1H3,(H,24,26)(H,25,27). The zero-order valence-electron chi connectivity index (χ0n) is 15.9. The monoisotopic (exact) mass is 444 g/mol. The summed E-state index contributed by atoms with van der Waals surface area (Å²) in [5, 5.41) is 5.80. The topological polar surface area (TPSA) is 67.4 Å². The highest BCUT2D eigenvalue weighted by Crippen LogP contribution is 2.36. The summed E-state index contributed by atoms with van der Waals surface area (Å²) in [6.45, 7) is 3.20. The normalized spacial score (nSPS) is 16.8. The largest absolute Gasteiger partial charge is 0.381 e. The molecule has 0 aromatic heterocycles. The second-order valence-electron chi connectivity index (χ2n) is 7.10. The fraction of sp³-hybridized carbons (Fsp3) is 0.364. The second-order valence-corrected chi connectivity index (χ2v) is 8.02. The van der Waals surface area contributed by atoms with Crippen molar-refractivity contribution < 1.29 is 14.3 Å². The molecule has 2 aromatic carbocycles. The van der Waals surface area contributed by atoms with Crippen molar-refractivity contribution in [2.24, 2.45) is 0 Å². The van der Waals surface area contributed by atoms with Crippen LogP contribution in [0.5, 0.6) is 0 Å². The van der Waals surface area contributed by atoms with Gasteiger partial charge in [0, 0.05) is 24.2 Å². The first-order valence-corrected chi connectivity index (χ1v) is 10.3. The number of ether oxygens (including phenoxy) is 1. The lowest BCUT2D eigenvalue weighted by Crippen LogP contribution is -2.53. The minimum absolute atomic E-state index is 0.125. The Morgan fingerprint density at radius 1 is 1.07 bits per heavy atom. The Hall–Kier alpha value is -2.18. The predicted molar refractivity (Wildman–Crippen MR) is 112 cm³/mol. The van der Waals surface area contributed by atoms with E-state index in [1.807, 2.05) is 54.6 Å². The third-order valence-electron chi connectivity index (χ3n) is 5.23. The van der Waals surface area contributed by atoms with Crippen LogP contribution in [0.1, 0.15) is 30.9 Å². The predicted octanol–water partition coefficient (Wildman–Crippen LogP) is 3.32. The Kier molecular flexibility index (Phi) is 6.86. The molecule has 0 spiro atoms. The summed E-state index contributed by atoms with van der Waals surface area (Å²) in [5.41, 5.74) is 1.30. The van der Waals surface area contributed by atoms with Crippen molar-refractivity contribution in [2.45, 2.75) is 37.8 Å². The lowest BCUT2D eigenvalue weighted by atomic mass is 9.73. The maximum atomic E-state index is 13.2. The molecule has 1 atom stereocenters. The highest BCUT2D eigenvalue weighted by atomic mass is 79.9. The van der Waals surface area contributed by atoms with Crippen LogP contribution in [-0.2, 0) is 26.3 Å². The van der Waals surface area contributed by atoms with E-state index < -0.39 is 11.5 Å². The fourth-order valence-corrected chi connectivity index (χ4v) is 3.74. The summed E-state index contributed by atoms with van der Waals surface area (Å²) >= 11 is 3.44. The van der Waals surface area contributed by atoms with Crippen molar-refractivity contribution in [1.82, 2.24) is 10.6 Å². The zero-order valence-corrected chi connectivity index (χ0v) is 17.5. The van der Waals surface area contributed by atoms with E-state index in [0.717, 1.165) is 15.6 Å². The highest BCUT2D eigenvalue weighted by Gasteiger charge is 2.42.